The van der Waals surface area contributed by atoms with Crippen molar-refractivity contribution >= 4 is 5.97 Å². The Morgan fingerprint density at radius 1 is 0.655 bits per heavy atom. The Labute approximate surface area is 331 Å². The van der Waals surface area contributed by atoms with Crippen LogP contribution in [0.15, 0.2) is 137 Å². The van der Waals surface area contributed by atoms with Crippen molar-refractivity contribution in [1.29, 1.82) is 0 Å². The number of esters is 1. The Kier molecular flexibility index (Phi) is 13.6. The van der Waals surface area contributed by atoms with Gasteiger partial charge < -0.3 is 28.8 Å². The number of carbonyl (C=O) groups is 1. The van der Waals surface area contributed by atoms with Crippen LogP contribution in [0, 0.1) is 23.4 Å². The van der Waals surface area contributed by atoms with Gasteiger partial charge in [-0.3, -0.25) is 18.7 Å². The second-order valence-electron chi connectivity index (χ2n) is 13.2. The molecule has 1 N–H and O–H groups in total. The summed E-state index contributed by atoms with van der Waals surface area (Å²) in [5.41, 5.74) is 1.90. The predicted octanol–water partition coefficient (Wildman–Crippen LogP) is 6.95. The van der Waals surface area contributed by atoms with E-state index in [2.05, 4.69) is 4.74 Å². The molecule has 14 heteroatoms. The molecule has 1 aliphatic rings. The number of nitrogens with zero attached hydrogens (tertiary/aromatic N) is 2. The molecule has 7 rings (SSSR count). The number of aromatic nitrogens is 2. The summed E-state index contributed by atoms with van der Waals surface area (Å²) in [4.78, 5) is 35.9. The van der Waals surface area contributed by atoms with Gasteiger partial charge in [0.05, 0.1) is 18.9 Å². The van der Waals surface area contributed by atoms with Gasteiger partial charge in [-0.1, -0.05) is 24.3 Å². The van der Waals surface area contributed by atoms with Crippen LogP contribution in [0.1, 0.15) is 24.0 Å². The van der Waals surface area contributed by atoms with E-state index in [0.717, 1.165) is 30.0 Å². The molecule has 0 spiro atoms. The number of ether oxygens (including phenoxy) is 5. The largest absolute Gasteiger partial charge is 0.491 e. The molecular weight excluding hydrogens is 757 g/mol. The zero-order valence-corrected chi connectivity index (χ0v) is 31.3. The zero-order chi connectivity index (χ0) is 41.0. The average Bonchev–Trinajstić information content (AvgIpc) is 4.09. The summed E-state index contributed by atoms with van der Waals surface area (Å²) in [6.07, 6.45) is 4.81. The Hall–Kier alpha value is -6.80. The van der Waals surface area contributed by atoms with Gasteiger partial charge in [0.2, 0.25) is 0 Å². The molecule has 2 aromatic heterocycles. The molecule has 0 bridgehead atoms. The van der Waals surface area contributed by atoms with Crippen LogP contribution in [0.25, 0.3) is 11.4 Å². The number of carbonyl (C=O) groups excluding carboxylic acids is 1. The molecule has 0 amide bonds. The molecule has 1 aliphatic carbocycles. The van der Waals surface area contributed by atoms with Crippen molar-refractivity contribution in [3.8, 4) is 34.4 Å². The monoisotopic (exact) mass is 796 g/mol. The zero-order valence-electron chi connectivity index (χ0n) is 31.3. The summed E-state index contributed by atoms with van der Waals surface area (Å²) in [6.45, 7) is 0.282. The van der Waals surface area contributed by atoms with E-state index in [9.17, 15) is 32.7 Å². The van der Waals surface area contributed by atoms with Crippen LogP contribution in [0.4, 0.5) is 13.2 Å². The van der Waals surface area contributed by atoms with E-state index in [1.807, 2.05) is 0 Å². The first-order valence-electron chi connectivity index (χ1n) is 18.2. The number of methoxy groups -OCH3 is 1. The Bertz CT molecular complexity index is 2420. The fourth-order valence-electron chi connectivity index (χ4n) is 5.48. The molecule has 1 atom stereocenters. The number of hydrogen-bond donors (Lipinski definition) is 1. The second-order valence-corrected chi connectivity index (χ2v) is 13.2. The first-order valence-corrected chi connectivity index (χ1v) is 18.2. The highest BCUT2D eigenvalue weighted by Crippen LogP contribution is 2.33. The Balaban J connectivity index is 0.000000196. The minimum absolute atomic E-state index is 0.133. The highest BCUT2D eigenvalue weighted by Gasteiger charge is 2.30. The molecule has 6 aromatic rings. The van der Waals surface area contributed by atoms with Gasteiger partial charge in [-0.15, -0.1) is 0 Å². The summed E-state index contributed by atoms with van der Waals surface area (Å²) in [5.74, 6) is -0.337. The van der Waals surface area contributed by atoms with Crippen LogP contribution in [-0.2, 0) is 22.7 Å². The van der Waals surface area contributed by atoms with E-state index in [-0.39, 0.29) is 48.5 Å². The number of aliphatic hydroxyl groups excluding tert-OH is 1. The molecule has 4 aromatic carbocycles. The van der Waals surface area contributed by atoms with Gasteiger partial charge >= 0.3 is 5.97 Å². The van der Waals surface area contributed by atoms with Crippen LogP contribution in [0.3, 0.4) is 0 Å². The first-order chi connectivity index (χ1) is 28.0. The molecule has 1 fully saturated rings. The lowest BCUT2D eigenvalue weighted by atomic mass is 10.2. The molecule has 58 heavy (non-hydrogen) atoms. The Morgan fingerprint density at radius 3 is 1.66 bits per heavy atom. The lowest BCUT2D eigenvalue weighted by molar-refractivity contribution is -0.142. The van der Waals surface area contributed by atoms with E-state index < -0.39 is 30.1 Å². The highest BCUT2D eigenvalue weighted by molar-refractivity contribution is 5.70. The Morgan fingerprint density at radius 2 is 1.17 bits per heavy atom. The number of pyridine rings is 2. The summed E-state index contributed by atoms with van der Waals surface area (Å²) in [7, 11) is 1.20. The van der Waals surface area contributed by atoms with Gasteiger partial charge in [-0.25, -0.2) is 18.0 Å². The number of aliphatic hydroxyl groups is 1. The molecule has 0 unspecified atom stereocenters. The number of halogens is 3. The summed E-state index contributed by atoms with van der Waals surface area (Å²) in [5, 5.41) is 9.87. The van der Waals surface area contributed by atoms with Gasteiger partial charge in [0.1, 0.15) is 48.7 Å². The van der Waals surface area contributed by atoms with Gasteiger partial charge in [0.25, 0.3) is 11.1 Å². The first kappa shape index (κ1) is 40.9. The molecule has 0 saturated heterocycles. The third-order valence-electron chi connectivity index (χ3n) is 8.89. The van der Waals surface area contributed by atoms with Crippen molar-refractivity contribution in [3.63, 3.8) is 0 Å². The van der Waals surface area contributed by atoms with E-state index in [4.69, 9.17) is 18.9 Å². The third-order valence-corrected chi connectivity index (χ3v) is 8.89. The fraction of sp³-hybridized carbons (Fsp3) is 0.205. The third kappa shape index (κ3) is 11.6. The van der Waals surface area contributed by atoms with E-state index in [0.29, 0.717) is 28.9 Å². The standard InChI is InChI=1S/C23H22FNO4.C21H17F2NO5/c24-18-5-1-16(2-6-18)14-28-21-11-12-25(23(27)13-21)19-7-9-20(10-8-19)29-15-22(26)17-3-4-17;1-27-21(26)13-29-19-7-6-16(10-18(19)23)24-9-8-17(11-20(24)25)28-12-14-2-4-15(22)5-3-14/h1-2,5-13,17,22,26H,3-4,14-15H2;2-11H,12-13H2,1H3/t22-;/m0./s1. The van der Waals surface area contributed by atoms with Crippen LogP contribution in [0.2, 0.25) is 0 Å². The second kappa shape index (κ2) is 19.4. The lowest BCUT2D eigenvalue weighted by Crippen LogP contribution is -2.19. The molecule has 300 valence electrons. The number of rotatable bonds is 15. The van der Waals surface area contributed by atoms with Crippen molar-refractivity contribution in [2.75, 3.05) is 20.3 Å². The van der Waals surface area contributed by atoms with Gasteiger partial charge in [-0.2, -0.15) is 0 Å². The smallest absolute Gasteiger partial charge is 0.343 e. The lowest BCUT2D eigenvalue weighted by Gasteiger charge is -2.12. The molecule has 0 aliphatic heterocycles. The quantitative estimate of drug-likeness (QED) is 0.110. The maximum Gasteiger partial charge on any atom is 0.343 e. The summed E-state index contributed by atoms with van der Waals surface area (Å²) >= 11 is 0. The van der Waals surface area contributed by atoms with Crippen LogP contribution >= 0.6 is 0 Å². The van der Waals surface area contributed by atoms with Crippen molar-refractivity contribution in [3.05, 3.63) is 177 Å². The maximum absolute atomic E-state index is 14.2. The normalized spacial score (nSPS) is 12.4. The van der Waals surface area contributed by atoms with Gasteiger partial charge in [-0.05, 0) is 103 Å². The minimum atomic E-state index is -0.727. The van der Waals surface area contributed by atoms with Crippen LogP contribution in [0.5, 0.6) is 23.0 Å². The fourth-order valence-corrected chi connectivity index (χ4v) is 5.48. The predicted molar refractivity (Wildman–Crippen MR) is 207 cm³/mol. The van der Waals surface area contributed by atoms with E-state index in [1.54, 1.807) is 66.9 Å². The molecular formula is C44H39F3N2O9. The highest BCUT2D eigenvalue weighted by atomic mass is 19.1. The SMILES string of the molecule is COC(=O)COc1ccc(-n2ccc(OCc3ccc(F)cc3)cc2=O)cc1F.O=c1cc(OCc2ccc(F)cc2)ccn1-c1ccc(OC[C@H](O)C2CC2)cc1. The van der Waals surface area contributed by atoms with Gasteiger partial charge in [0.15, 0.2) is 18.2 Å². The van der Waals surface area contributed by atoms with Crippen LogP contribution in [-0.4, -0.2) is 46.6 Å². The minimum Gasteiger partial charge on any atom is -0.491 e. The van der Waals surface area contributed by atoms with Gasteiger partial charge in [0, 0.05) is 36.3 Å². The summed E-state index contributed by atoms with van der Waals surface area (Å²) < 4.78 is 69.0. The summed E-state index contributed by atoms with van der Waals surface area (Å²) in [6, 6.07) is 28.9. The van der Waals surface area contributed by atoms with Crippen LogP contribution < -0.4 is 30.1 Å². The van der Waals surface area contributed by atoms with Crippen molar-refractivity contribution in [1.82, 2.24) is 9.13 Å². The molecule has 1 saturated carbocycles. The molecule has 2 heterocycles. The van der Waals surface area contributed by atoms with E-state index >= 15 is 0 Å². The van der Waals surface area contributed by atoms with Crippen molar-refractivity contribution in [2.24, 2.45) is 5.92 Å². The topological polar surface area (TPSA) is 127 Å². The molecule has 0 radical (unpaired) electrons. The average molecular weight is 797 g/mol. The van der Waals surface area contributed by atoms with Crippen molar-refractivity contribution < 1.29 is 46.8 Å². The van der Waals surface area contributed by atoms with Crippen molar-refractivity contribution in [2.45, 2.75) is 32.2 Å². The number of benzene rings is 4. The number of hydrogen-bond acceptors (Lipinski definition) is 9. The molecule has 11 nitrogen and oxygen atoms in total. The van der Waals surface area contributed by atoms with E-state index in [1.165, 1.54) is 71.0 Å². The maximum atomic E-state index is 14.2.